The van der Waals surface area contributed by atoms with Gasteiger partial charge in [-0.1, -0.05) is 48.0 Å². The van der Waals surface area contributed by atoms with Crippen molar-refractivity contribution in [2.75, 3.05) is 5.32 Å². The third kappa shape index (κ3) is 3.41. The van der Waals surface area contributed by atoms with E-state index in [1.807, 2.05) is 54.6 Å². The highest BCUT2D eigenvalue weighted by atomic mass is 16.2. The maximum atomic E-state index is 11.9. The second-order valence-electron chi connectivity index (χ2n) is 5.34. The molecule has 3 N–H and O–H groups in total. The topological polar surface area (TPSA) is 53.2 Å². The first-order chi connectivity index (χ1) is 10.2. The highest BCUT2D eigenvalue weighted by Gasteiger charge is 2.26. The Morgan fingerprint density at radius 1 is 1.05 bits per heavy atom. The highest BCUT2D eigenvalue weighted by molar-refractivity contribution is 5.78. The number of nitrogens with one attached hydrogen (secondary N) is 3. The first-order valence-corrected chi connectivity index (χ1v) is 7.14. The monoisotopic (exact) mass is 281 g/mol. The summed E-state index contributed by atoms with van der Waals surface area (Å²) in [5, 5.41) is 9.63. The van der Waals surface area contributed by atoms with Crippen LogP contribution in [0.15, 0.2) is 54.6 Å². The molecule has 2 atom stereocenters. The van der Waals surface area contributed by atoms with Crippen LogP contribution in [0.3, 0.4) is 0 Å². The number of aryl methyl sites for hydroxylation is 1. The van der Waals surface area contributed by atoms with Crippen molar-refractivity contribution < 1.29 is 4.79 Å². The lowest BCUT2D eigenvalue weighted by atomic mass is 10.0. The van der Waals surface area contributed by atoms with Crippen LogP contribution in [0.2, 0.25) is 0 Å². The van der Waals surface area contributed by atoms with E-state index in [1.54, 1.807) is 0 Å². The first-order valence-electron chi connectivity index (χ1n) is 7.14. The Balaban J connectivity index is 1.71. The molecule has 0 radical (unpaired) electrons. The molecule has 2 unspecified atom stereocenters. The molecule has 21 heavy (non-hydrogen) atoms. The number of carbonyl (C=O) groups excluding carboxylic acids is 1. The molecule has 0 aromatic heterocycles. The zero-order valence-corrected chi connectivity index (χ0v) is 12.0. The molecule has 1 aliphatic rings. The maximum Gasteiger partial charge on any atom is 0.224 e. The summed E-state index contributed by atoms with van der Waals surface area (Å²) in [5.41, 5.74) is 3.32. The minimum Gasteiger partial charge on any atom is -0.353 e. The first kappa shape index (κ1) is 13.6. The van der Waals surface area contributed by atoms with E-state index in [9.17, 15) is 4.79 Å². The average molecular weight is 281 g/mol. The maximum absolute atomic E-state index is 11.9. The second kappa shape index (κ2) is 5.97. The van der Waals surface area contributed by atoms with Crippen molar-refractivity contribution in [1.82, 2.24) is 10.6 Å². The number of hydrogen-bond donors (Lipinski definition) is 3. The number of hydrogen-bond acceptors (Lipinski definition) is 3. The quantitative estimate of drug-likeness (QED) is 0.810. The Morgan fingerprint density at radius 2 is 1.76 bits per heavy atom. The van der Waals surface area contributed by atoms with Gasteiger partial charge in [-0.15, -0.1) is 0 Å². The van der Waals surface area contributed by atoms with Crippen LogP contribution >= 0.6 is 0 Å². The van der Waals surface area contributed by atoms with Crippen molar-refractivity contribution in [3.8, 4) is 0 Å². The van der Waals surface area contributed by atoms with E-state index < -0.39 is 0 Å². The molecule has 4 heteroatoms. The summed E-state index contributed by atoms with van der Waals surface area (Å²) >= 11 is 0. The molecule has 0 saturated carbocycles. The highest BCUT2D eigenvalue weighted by Crippen LogP contribution is 2.20. The molecule has 2 aromatic rings. The number of benzene rings is 2. The lowest BCUT2D eigenvalue weighted by Crippen LogP contribution is -2.56. The van der Waals surface area contributed by atoms with E-state index in [0.717, 1.165) is 11.3 Å². The van der Waals surface area contributed by atoms with Crippen LogP contribution < -0.4 is 16.0 Å². The van der Waals surface area contributed by atoms with E-state index in [1.165, 1.54) is 5.56 Å². The molecule has 1 saturated heterocycles. The van der Waals surface area contributed by atoms with Gasteiger partial charge in [0.15, 0.2) is 6.29 Å². The Bertz CT molecular complexity index is 610. The Hall–Kier alpha value is -2.33. The fourth-order valence-electron chi connectivity index (χ4n) is 2.50. The number of rotatable bonds is 3. The molecule has 1 fully saturated rings. The predicted octanol–water partition coefficient (Wildman–Crippen LogP) is 2.54. The van der Waals surface area contributed by atoms with Gasteiger partial charge in [-0.3, -0.25) is 10.1 Å². The average Bonchev–Trinajstić information content (AvgIpc) is 2.50. The predicted molar refractivity (Wildman–Crippen MR) is 83.7 cm³/mol. The number of carbonyl (C=O) groups is 1. The lowest BCUT2D eigenvalue weighted by molar-refractivity contribution is -0.124. The Kier molecular flexibility index (Phi) is 3.88. The molecule has 3 rings (SSSR count). The van der Waals surface area contributed by atoms with Crippen molar-refractivity contribution in [3.63, 3.8) is 0 Å². The van der Waals surface area contributed by atoms with Gasteiger partial charge in [-0.25, -0.2) is 0 Å². The van der Waals surface area contributed by atoms with E-state index >= 15 is 0 Å². The molecule has 1 amide bonds. The van der Waals surface area contributed by atoms with Gasteiger partial charge in [-0.2, -0.15) is 0 Å². The summed E-state index contributed by atoms with van der Waals surface area (Å²) in [6, 6.07) is 18.2. The smallest absolute Gasteiger partial charge is 0.224 e. The third-order valence-corrected chi connectivity index (χ3v) is 3.63. The van der Waals surface area contributed by atoms with Crippen LogP contribution in [-0.2, 0) is 4.79 Å². The van der Waals surface area contributed by atoms with Crippen molar-refractivity contribution in [1.29, 1.82) is 0 Å². The summed E-state index contributed by atoms with van der Waals surface area (Å²) in [6.45, 7) is 2.05. The number of amides is 1. The van der Waals surface area contributed by atoms with Crippen LogP contribution in [-0.4, -0.2) is 12.2 Å². The largest absolute Gasteiger partial charge is 0.353 e. The van der Waals surface area contributed by atoms with E-state index in [4.69, 9.17) is 0 Å². The van der Waals surface area contributed by atoms with Crippen LogP contribution in [0.25, 0.3) is 0 Å². The van der Waals surface area contributed by atoms with E-state index in [-0.39, 0.29) is 18.2 Å². The molecule has 1 heterocycles. The standard InChI is InChI=1S/C17H19N3O/c1-12-7-9-14(10-8-12)18-17-19-15(11-16(21)20-17)13-5-3-2-4-6-13/h2-10,15,17-19H,11H2,1H3,(H,20,21). The van der Waals surface area contributed by atoms with E-state index in [0.29, 0.717) is 6.42 Å². The lowest BCUT2D eigenvalue weighted by Gasteiger charge is -2.32. The van der Waals surface area contributed by atoms with Crippen molar-refractivity contribution in [2.45, 2.75) is 25.7 Å². The van der Waals surface area contributed by atoms with Gasteiger partial charge in [-0.05, 0) is 24.6 Å². The normalized spacial score (nSPS) is 21.7. The molecule has 0 spiro atoms. The minimum absolute atomic E-state index is 0.0305. The van der Waals surface area contributed by atoms with Crippen LogP contribution in [0.4, 0.5) is 5.69 Å². The van der Waals surface area contributed by atoms with Gasteiger partial charge < -0.3 is 10.6 Å². The Morgan fingerprint density at radius 3 is 2.48 bits per heavy atom. The van der Waals surface area contributed by atoms with Crippen LogP contribution in [0.1, 0.15) is 23.6 Å². The van der Waals surface area contributed by atoms with Gasteiger partial charge in [0.1, 0.15) is 0 Å². The minimum atomic E-state index is -0.265. The molecule has 0 aliphatic carbocycles. The second-order valence-corrected chi connectivity index (χ2v) is 5.34. The van der Waals surface area contributed by atoms with Gasteiger partial charge in [0, 0.05) is 18.2 Å². The summed E-state index contributed by atoms with van der Waals surface area (Å²) in [6.07, 6.45) is 0.190. The molecule has 2 aromatic carbocycles. The molecular formula is C17H19N3O. The van der Waals surface area contributed by atoms with Gasteiger partial charge in [0.05, 0.1) is 0 Å². The molecule has 0 bridgehead atoms. The van der Waals surface area contributed by atoms with Crippen molar-refractivity contribution >= 4 is 11.6 Å². The molecule has 108 valence electrons. The number of anilines is 1. The van der Waals surface area contributed by atoms with Gasteiger partial charge >= 0.3 is 0 Å². The molecule has 4 nitrogen and oxygen atoms in total. The van der Waals surface area contributed by atoms with Crippen LogP contribution in [0.5, 0.6) is 0 Å². The SMILES string of the molecule is Cc1ccc(NC2NC(=O)CC(c3ccccc3)N2)cc1. The van der Waals surface area contributed by atoms with Gasteiger partial charge in [0.25, 0.3) is 0 Å². The summed E-state index contributed by atoms with van der Waals surface area (Å²) in [5.74, 6) is 0.0483. The third-order valence-electron chi connectivity index (χ3n) is 3.63. The van der Waals surface area contributed by atoms with E-state index in [2.05, 4.69) is 22.9 Å². The summed E-state index contributed by atoms with van der Waals surface area (Å²) in [7, 11) is 0. The summed E-state index contributed by atoms with van der Waals surface area (Å²) in [4.78, 5) is 11.9. The fourth-order valence-corrected chi connectivity index (χ4v) is 2.50. The summed E-state index contributed by atoms with van der Waals surface area (Å²) < 4.78 is 0. The Labute approximate surface area is 124 Å². The van der Waals surface area contributed by atoms with Crippen LogP contribution in [0, 0.1) is 6.92 Å². The van der Waals surface area contributed by atoms with Crippen molar-refractivity contribution in [3.05, 3.63) is 65.7 Å². The fraction of sp³-hybridized carbons (Fsp3) is 0.235. The van der Waals surface area contributed by atoms with Gasteiger partial charge in [0.2, 0.25) is 5.91 Å². The molecule has 1 aliphatic heterocycles. The zero-order valence-electron chi connectivity index (χ0n) is 12.0. The zero-order chi connectivity index (χ0) is 14.7. The molecular weight excluding hydrogens is 262 g/mol. The van der Waals surface area contributed by atoms with Crippen molar-refractivity contribution in [2.24, 2.45) is 0 Å².